The minimum absolute atomic E-state index is 0.0340. The van der Waals surface area contributed by atoms with E-state index in [9.17, 15) is 18.0 Å². The molecule has 1 amide bonds. The van der Waals surface area contributed by atoms with E-state index in [1.165, 1.54) is 22.5 Å². The third kappa shape index (κ3) is 3.02. The molecule has 0 bridgehead atoms. The van der Waals surface area contributed by atoms with Crippen molar-refractivity contribution in [2.45, 2.75) is 24.2 Å². The molecule has 2 aliphatic heterocycles. The number of sulfonamides is 1. The second-order valence-corrected chi connectivity index (χ2v) is 8.95. The number of amides is 1. The van der Waals surface area contributed by atoms with E-state index in [-0.39, 0.29) is 34.5 Å². The number of rotatable bonds is 3. The van der Waals surface area contributed by atoms with E-state index in [1.807, 2.05) is 0 Å². The van der Waals surface area contributed by atoms with Gasteiger partial charge in [0.2, 0.25) is 15.9 Å². The van der Waals surface area contributed by atoms with E-state index >= 15 is 0 Å². The number of hydrogen-bond acceptors (Lipinski definition) is 4. The molecule has 1 aromatic rings. The maximum Gasteiger partial charge on any atom is 0.337 e. The quantitative estimate of drug-likeness (QED) is 0.852. The first-order valence-electron chi connectivity index (χ1n) is 7.96. The summed E-state index contributed by atoms with van der Waals surface area (Å²) < 4.78 is 26.9. The molecule has 1 N–H and O–H groups in total. The van der Waals surface area contributed by atoms with Crippen LogP contribution in [0.3, 0.4) is 0 Å². The highest BCUT2D eigenvalue weighted by Gasteiger charge is 2.48. The van der Waals surface area contributed by atoms with Crippen LogP contribution in [0, 0.1) is 5.41 Å². The number of piperidine rings is 1. The SMILES string of the molecule is CN1CCC2(CCN(S(=O)(=O)c3ccc(C(=O)O)c(Cl)c3)CC2)C1=O. The lowest BCUT2D eigenvalue weighted by molar-refractivity contribution is -0.136. The Balaban J connectivity index is 1.80. The van der Waals surface area contributed by atoms with Gasteiger partial charge in [0.25, 0.3) is 0 Å². The van der Waals surface area contributed by atoms with E-state index in [4.69, 9.17) is 16.7 Å². The Morgan fingerprint density at radius 1 is 1.20 bits per heavy atom. The van der Waals surface area contributed by atoms with E-state index in [1.54, 1.807) is 11.9 Å². The molecule has 2 aliphatic rings. The maximum absolute atomic E-state index is 12.8. The topological polar surface area (TPSA) is 95.0 Å². The second-order valence-electron chi connectivity index (χ2n) is 6.61. The van der Waals surface area contributed by atoms with E-state index in [2.05, 4.69) is 0 Å². The predicted molar refractivity (Wildman–Crippen MR) is 91.1 cm³/mol. The van der Waals surface area contributed by atoms with Crippen LogP contribution in [-0.4, -0.2) is 61.3 Å². The average Bonchev–Trinajstić information content (AvgIpc) is 2.83. The summed E-state index contributed by atoms with van der Waals surface area (Å²) >= 11 is 5.89. The Labute approximate surface area is 151 Å². The summed E-state index contributed by atoms with van der Waals surface area (Å²) in [6.45, 7) is 1.23. The summed E-state index contributed by atoms with van der Waals surface area (Å²) in [6.07, 6.45) is 1.75. The molecular formula is C16H19ClN2O5S. The smallest absolute Gasteiger partial charge is 0.337 e. The van der Waals surface area contributed by atoms with Gasteiger partial charge >= 0.3 is 5.97 Å². The van der Waals surface area contributed by atoms with Crippen molar-refractivity contribution in [3.8, 4) is 0 Å². The van der Waals surface area contributed by atoms with Crippen LogP contribution in [0.15, 0.2) is 23.1 Å². The van der Waals surface area contributed by atoms with Gasteiger partial charge in [-0.3, -0.25) is 4.79 Å². The molecule has 3 rings (SSSR count). The number of carbonyl (C=O) groups excluding carboxylic acids is 1. The zero-order valence-electron chi connectivity index (χ0n) is 13.7. The highest BCUT2D eigenvalue weighted by Crippen LogP contribution is 2.42. The number of likely N-dealkylation sites (tertiary alicyclic amines) is 1. The number of carboxylic acids is 1. The van der Waals surface area contributed by atoms with Gasteiger partial charge in [-0.1, -0.05) is 11.6 Å². The highest BCUT2D eigenvalue weighted by atomic mass is 35.5. The van der Waals surface area contributed by atoms with Crippen molar-refractivity contribution in [1.29, 1.82) is 0 Å². The molecule has 7 nitrogen and oxygen atoms in total. The first kappa shape index (κ1) is 18.2. The largest absolute Gasteiger partial charge is 0.478 e. The zero-order valence-corrected chi connectivity index (χ0v) is 15.3. The molecule has 25 heavy (non-hydrogen) atoms. The molecule has 0 atom stereocenters. The summed E-state index contributed by atoms with van der Waals surface area (Å²) in [4.78, 5) is 25.0. The first-order valence-corrected chi connectivity index (χ1v) is 9.78. The molecule has 1 aromatic carbocycles. The van der Waals surface area contributed by atoms with Gasteiger partial charge in [-0.2, -0.15) is 4.31 Å². The van der Waals surface area contributed by atoms with Crippen LogP contribution in [0.25, 0.3) is 0 Å². The lowest BCUT2D eigenvalue weighted by Crippen LogP contribution is -2.46. The Kier molecular flexibility index (Phi) is 4.55. The Morgan fingerprint density at radius 2 is 1.80 bits per heavy atom. The van der Waals surface area contributed by atoms with Gasteiger partial charge in [-0.15, -0.1) is 0 Å². The molecule has 2 fully saturated rings. The minimum atomic E-state index is -3.77. The lowest BCUT2D eigenvalue weighted by atomic mass is 9.78. The summed E-state index contributed by atoms with van der Waals surface area (Å²) in [5.41, 5.74) is -0.580. The van der Waals surface area contributed by atoms with Crippen molar-refractivity contribution >= 4 is 33.5 Å². The third-order valence-corrected chi connectivity index (χ3v) is 7.42. The van der Waals surface area contributed by atoms with Crippen LogP contribution in [0.5, 0.6) is 0 Å². The molecule has 136 valence electrons. The van der Waals surface area contributed by atoms with Gasteiger partial charge in [-0.25, -0.2) is 13.2 Å². The van der Waals surface area contributed by atoms with E-state index in [0.29, 0.717) is 19.4 Å². The van der Waals surface area contributed by atoms with Crippen LogP contribution in [0.2, 0.25) is 5.02 Å². The summed E-state index contributed by atoms with van der Waals surface area (Å²) in [6, 6.07) is 3.61. The van der Waals surface area contributed by atoms with Crippen LogP contribution in [0.4, 0.5) is 0 Å². The number of carboxylic acid groups (broad SMARTS) is 1. The number of nitrogens with zero attached hydrogens (tertiary/aromatic N) is 2. The minimum Gasteiger partial charge on any atom is -0.478 e. The third-order valence-electron chi connectivity index (χ3n) is 5.21. The van der Waals surface area contributed by atoms with Gasteiger partial charge in [0, 0.05) is 26.7 Å². The number of aromatic carboxylic acids is 1. The van der Waals surface area contributed by atoms with Crippen molar-refractivity contribution < 1.29 is 23.1 Å². The summed E-state index contributed by atoms with van der Waals surface area (Å²) in [7, 11) is -2.00. The molecular weight excluding hydrogens is 368 g/mol. The highest BCUT2D eigenvalue weighted by molar-refractivity contribution is 7.89. The van der Waals surface area contributed by atoms with Crippen LogP contribution in [-0.2, 0) is 14.8 Å². The van der Waals surface area contributed by atoms with Crippen LogP contribution in [0.1, 0.15) is 29.6 Å². The number of halogens is 1. The van der Waals surface area contributed by atoms with Gasteiger partial charge in [-0.05, 0) is 37.5 Å². The van der Waals surface area contributed by atoms with E-state index < -0.39 is 21.4 Å². The second kappa shape index (κ2) is 6.26. The fourth-order valence-electron chi connectivity index (χ4n) is 3.59. The van der Waals surface area contributed by atoms with Gasteiger partial charge in [0.1, 0.15) is 0 Å². The number of hydrogen-bond donors (Lipinski definition) is 1. The summed E-state index contributed by atoms with van der Waals surface area (Å²) in [5, 5.41) is 8.88. The monoisotopic (exact) mass is 386 g/mol. The molecule has 0 aromatic heterocycles. The van der Waals surface area contributed by atoms with Crippen molar-refractivity contribution in [3.05, 3.63) is 28.8 Å². The molecule has 1 spiro atoms. The molecule has 0 aliphatic carbocycles. The lowest BCUT2D eigenvalue weighted by Gasteiger charge is -2.37. The fraction of sp³-hybridized carbons (Fsp3) is 0.500. The molecule has 2 heterocycles. The van der Waals surface area contributed by atoms with E-state index in [0.717, 1.165) is 6.42 Å². The predicted octanol–water partition coefficient (Wildman–Crippen LogP) is 1.67. The van der Waals surface area contributed by atoms with Crippen molar-refractivity contribution in [2.24, 2.45) is 5.41 Å². The maximum atomic E-state index is 12.8. The van der Waals surface area contributed by atoms with Gasteiger partial charge < -0.3 is 10.0 Å². The Morgan fingerprint density at radius 3 is 2.28 bits per heavy atom. The zero-order chi connectivity index (χ0) is 18.4. The summed E-state index contributed by atoms with van der Waals surface area (Å²) in [5.74, 6) is -1.11. The number of benzene rings is 1. The van der Waals surface area contributed by atoms with Crippen molar-refractivity contribution in [3.63, 3.8) is 0 Å². The molecule has 0 radical (unpaired) electrons. The van der Waals surface area contributed by atoms with Crippen LogP contribution >= 0.6 is 11.6 Å². The molecule has 9 heteroatoms. The normalized spacial score (nSPS) is 21.0. The molecule has 0 unspecified atom stereocenters. The average molecular weight is 387 g/mol. The standard InChI is InChI=1S/C16H19ClN2O5S/c1-18-7-4-16(15(18)22)5-8-19(9-6-16)25(23,24)11-2-3-12(14(20)21)13(17)10-11/h2-3,10H,4-9H2,1H3,(H,20,21). The Bertz CT molecular complexity index is 831. The van der Waals surface area contributed by atoms with Crippen molar-refractivity contribution in [2.75, 3.05) is 26.7 Å². The van der Waals surface area contributed by atoms with Gasteiger partial charge in [0.05, 0.1) is 20.9 Å². The fourth-order valence-corrected chi connectivity index (χ4v) is 5.39. The van der Waals surface area contributed by atoms with Crippen molar-refractivity contribution in [1.82, 2.24) is 9.21 Å². The molecule has 2 saturated heterocycles. The first-order chi connectivity index (χ1) is 11.7. The molecule has 0 saturated carbocycles. The van der Waals surface area contributed by atoms with Crippen LogP contribution < -0.4 is 0 Å². The van der Waals surface area contributed by atoms with Gasteiger partial charge in [0.15, 0.2) is 0 Å². The Hall–Kier alpha value is -1.64. The number of carbonyl (C=O) groups is 2.